The molecule has 0 saturated heterocycles. The first-order valence-corrected chi connectivity index (χ1v) is 8.59. The largest absolute Gasteiger partial charge is 0.466 e. The van der Waals surface area contributed by atoms with E-state index < -0.39 is 8.07 Å². The van der Waals surface area contributed by atoms with Crippen molar-refractivity contribution in [1.29, 1.82) is 0 Å². The molecule has 0 aromatic carbocycles. The van der Waals surface area contributed by atoms with E-state index in [0.717, 1.165) is 12.2 Å². The van der Waals surface area contributed by atoms with Gasteiger partial charge in [0.25, 0.3) is 0 Å². The van der Waals surface area contributed by atoms with Crippen molar-refractivity contribution in [2.75, 3.05) is 26.9 Å². The molecule has 0 aliphatic rings. The van der Waals surface area contributed by atoms with Crippen LogP contribution in [0.1, 0.15) is 13.3 Å². The summed E-state index contributed by atoms with van der Waals surface area (Å²) >= 11 is 0. The van der Waals surface area contributed by atoms with Crippen LogP contribution in [0.25, 0.3) is 0 Å². The molecule has 0 aromatic rings. The molecule has 84 valence electrons. The summed E-state index contributed by atoms with van der Waals surface area (Å²) in [4.78, 5) is 13.1. The standard InChI is InChI=1S/C10H23NO2Si/c1-6-10(12)13-7-8-14(4,5)9-11(2)3/h6-9H2,1-5H3. The number of carbonyl (C=O) groups is 1. The number of nitrogens with zero attached hydrogens (tertiary/aromatic N) is 1. The summed E-state index contributed by atoms with van der Waals surface area (Å²) in [5.74, 6) is -0.0837. The number of carbonyl (C=O) groups excluding carboxylic acids is 1. The highest BCUT2D eigenvalue weighted by Crippen LogP contribution is 2.10. The predicted molar refractivity (Wildman–Crippen MR) is 62.1 cm³/mol. The molecule has 0 bridgehead atoms. The van der Waals surface area contributed by atoms with E-state index in [1.54, 1.807) is 0 Å². The fourth-order valence-electron chi connectivity index (χ4n) is 1.48. The van der Waals surface area contributed by atoms with Crippen molar-refractivity contribution in [3.05, 3.63) is 0 Å². The Bertz CT molecular complexity index is 181. The average Bonchev–Trinajstić information content (AvgIpc) is 2.01. The van der Waals surface area contributed by atoms with Crippen molar-refractivity contribution >= 4 is 14.0 Å². The number of rotatable bonds is 6. The monoisotopic (exact) mass is 217 g/mol. The summed E-state index contributed by atoms with van der Waals surface area (Å²) in [6, 6.07) is 1.05. The van der Waals surface area contributed by atoms with Gasteiger partial charge in [0, 0.05) is 6.42 Å². The molecule has 3 nitrogen and oxygen atoms in total. The molecule has 0 atom stereocenters. The SMILES string of the molecule is CCC(=O)OCC[Si](C)(C)CN(C)C. The van der Waals surface area contributed by atoms with Crippen LogP contribution in [0.2, 0.25) is 19.1 Å². The Morgan fingerprint density at radius 2 is 1.93 bits per heavy atom. The van der Waals surface area contributed by atoms with E-state index in [9.17, 15) is 4.79 Å². The van der Waals surface area contributed by atoms with E-state index in [-0.39, 0.29) is 5.97 Å². The van der Waals surface area contributed by atoms with E-state index in [4.69, 9.17) is 4.74 Å². The molecule has 0 radical (unpaired) electrons. The molecule has 0 fully saturated rings. The summed E-state index contributed by atoms with van der Waals surface area (Å²) in [7, 11) is 2.98. The fraction of sp³-hybridized carbons (Fsp3) is 0.900. The maximum absolute atomic E-state index is 10.9. The second-order valence-corrected chi connectivity index (χ2v) is 9.87. The Labute approximate surface area is 88.4 Å². The van der Waals surface area contributed by atoms with E-state index in [1.807, 2.05) is 6.92 Å². The lowest BCUT2D eigenvalue weighted by atomic mass is 10.5. The van der Waals surface area contributed by atoms with Crippen LogP contribution in [-0.2, 0) is 9.53 Å². The Kier molecular flexibility index (Phi) is 6.03. The lowest BCUT2D eigenvalue weighted by Crippen LogP contribution is -2.40. The van der Waals surface area contributed by atoms with Gasteiger partial charge in [-0.1, -0.05) is 20.0 Å². The van der Waals surface area contributed by atoms with Crippen molar-refractivity contribution in [2.24, 2.45) is 0 Å². The summed E-state index contributed by atoms with van der Waals surface area (Å²) in [6.45, 7) is 7.07. The van der Waals surface area contributed by atoms with Crippen LogP contribution in [0.15, 0.2) is 0 Å². The number of hydrogen-bond acceptors (Lipinski definition) is 3. The van der Waals surface area contributed by atoms with Crippen LogP contribution in [-0.4, -0.2) is 45.8 Å². The number of hydrogen-bond donors (Lipinski definition) is 0. The molecule has 0 rings (SSSR count). The molecular formula is C10H23NO2Si. The van der Waals surface area contributed by atoms with Crippen molar-refractivity contribution in [2.45, 2.75) is 32.5 Å². The third kappa shape index (κ3) is 7.09. The van der Waals surface area contributed by atoms with Crippen LogP contribution in [0.4, 0.5) is 0 Å². The average molecular weight is 217 g/mol. The fourth-order valence-corrected chi connectivity index (χ4v) is 4.00. The lowest BCUT2D eigenvalue weighted by Gasteiger charge is -2.25. The smallest absolute Gasteiger partial charge is 0.305 e. The van der Waals surface area contributed by atoms with E-state index in [2.05, 4.69) is 32.1 Å². The van der Waals surface area contributed by atoms with E-state index >= 15 is 0 Å². The second-order valence-electron chi connectivity index (χ2n) is 4.73. The van der Waals surface area contributed by atoms with Gasteiger partial charge in [0.2, 0.25) is 0 Å². The molecule has 0 amide bonds. The zero-order chi connectivity index (χ0) is 11.2. The molecule has 0 aromatic heterocycles. The third-order valence-electron chi connectivity index (χ3n) is 2.07. The topological polar surface area (TPSA) is 29.5 Å². The molecule has 4 heteroatoms. The van der Waals surface area contributed by atoms with E-state index in [1.165, 1.54) is 0 Å². The van der Waals surface area contributed by atoms with Crippen LogP contribution in [0.5, 0.6) is 0 Å². The van der Waals surface area contributed by atoms with Crippen molar-refractivity contribution in [1.82, 2.24) is 4.90 Å². The predicted octanol–water partition coefficient (Wildman–Crippen LogP) is 1.75. The van der Waals surface area contributed by atoms with Gasteiger partial charge >= 0.3 is 5.97 Å². The Morgan fingerprint density at radius 1 is 1.36 bits per heavy atom. The lowest BCUT2D eigenvalue weighted by molar-refractivity contribution is -0.142. The van der Waals surface area contributed by atoms with Gasteiger partial charge in [0.05, 0.1) is 14.7 Å². The zero-order valence-corrected chi connectivity index (χ0v) is 11.1. The first-order valence-electron chi connectivity index (χ1n) is 5.18. The first-order chi connectivity index (χ1) is 6.37. The van der Waals surface area contributed by atoms with Crippen molar-refractivity contribution in [3.8, 4) is 0 Å². The molecule has 0 unspecified atom stereocenters. The van der Waals surface area contributed by atoms with Crippen LogP contribution in [0, 0.1) is 0 Å². The molecule has 0 aliphatic carbocycles. The highest BCUT2D eigenvalue weighted by Gasteiger charge is 2.21. The summed E-state index contributed by atoms with van der Waals surface area (Å²) in [6.07, 6.45) is 1.63. The Hall–Kier alpha value is -0.353. The van der Waals surface area contributed by atoms with Gasteiger partial charge in [-0.05, 0) is 26.3 Å². The van der Waals surface area contributed by atoms with Crippen molar-refractivity contribution < 1.29 is 9.53 Å². The van der Waals surface area contributed by atoms with E-state index in [0.29, 0.717) is 13.0 Å². The molecule has 0 heterocycles. The minimum absolute atomic E-state index is 0.0837. The molecule has 0 N–H and O–H groups in total. The maximum atomic E-state index is 10.9. The van der Waals surface area contributed by atoms with Crippen LogP contribution in [0.3, 0.4) is 0 Å². The van der Waals surface area contributed by atoms with Crippen LogP contribution >= 0.6 is 0 Å². The van der Waals surface area contributed by atoms with Crippen LogP contribution < -0.4 is 0 Å². The van der Waals surface area contributed by atoms with Gasteiger partial charge in [-0.3, -0.25) is 4.79 Å². The minimum atomic E-state index is -1.20. The Balaban J connectivity index is 3.70. The molecule has 0 saturated carbocycles. The van der Waals surface area contributed by atoms with Gasteiger partial charge in [0.1, 0.15) is 0 Å². The van der Waals surface area contributed by atoms with Gasteiger partial charge in [-0.25, -0.2) is 0 Å². The first kappa shape index (κ1) is 13.6. The molecule has 14 heavy (non-hydrogen) atoms. The molecule has 0 aliphatic heterocycles. The summed E-state index contributed by atoms with van der Waals surface area (Å²) < 4.78 is 5.09. The highest BCUT2D eigenvalue weighted by atomic mass is 28.3. The number of ether oxygens (including phenoxy) is 1. The zero-order valence-electron chi connectivity index (χ0n) is 10.1. The van der Waals surface area contributed by atoms with Gasteiger partial charge in [0.15, 0.2) is 0 Å². The summed E-state index contributed by atoms with van der Waals surface area (Å²) in [5.41, 5.74) is 0. The van der Waals surface area contributed by atoms with Crippen molar-refractivity contribution in [3.63, 3.8) is 0 Å². The van der Waals surface area contributed by atoms with Gasteiger partial charge < -0.3 is 9.64 Å². The second kappa shape index (κ2) is 6.19. The minimum Gasteiger partial charge on any atom is -0.466 e. The highest BCUT2D eigenvalue weighted by molar-refractivity contribution is 6.77. The number of esters is 1. The quantitative estimate of drug-likeness (QED) is 0.501. The third-order valence-corrected chi connectivity index (χ3v) is 5.12. The molecule has 0 spiro atoms. The normalized spacial score (nSPS) is 11.9. The summed E-state index contributed by atoms with van der Waals surface area (Å²) in [5, 5.41) is 0. The van der Waals surface area contributed by atoms with Gasteiger partial charge in [-0.2, -0.15) is 0 Å². The molecular weight excluding hydrogens is 194 g/mol. The Morgan fingerprint density at radius 3 is 2.36 bits per heavy atom. The maximum Gasteiger partial charge on any atom is 0.305 e. The van der Waals surface area contributed by atoms with Gasteiger partial charge in [-0.15, -0.1) is 0 Å².